The Bertz CT molecular complexity index is 1870. The lowest BCUT2D eigenvalue weighted by molar-refractivity contribution is -0.0624. The van der Waals surface area contributed by atoms with Crippen LogP contribution >= 0.6 is 28.0 Å². The van der Waals surface area contributed by atoms with Crippen LogP contribution in [0, 0.1) is 4.64 Å². The third-order valence-corrected chi connectivity index (χ3v) is 9.49. The number of H-pyrrole nitrogens is 1. The summed E-state index contributed by atoms with van der Waals surface area (Å²) < 4.78 is 50.7. The number of nitrogens with one attached hydrogen (secondary N) is 1. The number of phosphoric ester groups is 1. The molecule has 4 aromatic heterocycles. The molecule has 10 unspecified atom stereocenters. The van der Waals surface area contributed by atoms with Crippen molar-refractivity contribution in [3.05, 3.63) is 23.6 Å². The van der Waals surface area contributed by atoms with Crippen LogP contribution in [0.2, 0.25) is 0 Å². The van der Waals surface area contributed by atoms with Crippen molar-refractivity contribution < 1.29 is 47.2 Å². The number of aromatic amines is 1. The van der Waals surface area contributed by atoms with Crippen LogP contribution in [0.5, 0.6) is 0 Å². The molecule has 3 fully saturated rings. The molecule has 3 aliphatic heterocycles. The summed E-state index contributed by atoms with van der Waals surface area (Å²) in [6, 6.07) is 0. The Morgan fingerprint density at radius 2 is 1.77 bits per heavy atom. The highest BCUT2D eigenvalue weighted by molar-refractivity contribution is 7.71. The van der Waals surface area contributed by atoms with Crippen molar-refractivity contribution >= 4 is 68.4 Å². The smallest absolute Gasteiger partial charge is 0.387 e. The molecule has 0 amide bonds. The van der Waals surface area contributed by atoms with Crippen LogP contribution in [-0.4, -0.2) is 110 Å². The number of nitrogen functional groups attached to an aromatic ring is 2. The molecule has 0 saturated carbocycles. The topological polar surface area (TPSA) is 275 Å². The van der Waals surface area contributed by atoms with Gasteiger partial charge in [-0.05, 0) is 0 Å². The van der Waals surface area contributed by atoms with E-state index in [1.807, 2.05) is 0 Å². The summed E-state index contributed by atoms with van der Waals surface area (Å²) in [4.78, 5) is 34.0. The number of imidazole rings is 2. The molecule has 0 spiro atoms. The molecule has 0 aliphatic carbocycles. The molecule has 44 heavy (non-hydrogen) atoms. The van der Waals surface area contributed by atoms with E-state index >= 15 is 0 Å². The second-order valence-electron chi connectivity index (χ2n) is 10.0. The van der Waals surface area contributed by atoms with E-state index < -0.39 is 71.5 Å². The van der Waals surface area contributed by atoms with Gasteiger partial charge in [0.25, 0.3) is 0 Å². The predicted molar refractivity (Wildman–Crippen MR) is 152 cm³/mol. The van der Waals surface area contributed by atoms with Gasteiger partial charge < -0.3 is 41.0 Å². The Balaban J connectivity index is 1.18. The lowest BCUT2D eigenvalue weighted by Gasteiger charge is -2.25. The minimum atomic E-state index is -4.93. The second-order valence-corrected chi connectivity index (χ2v) is 12.9. The molecule has 7 heterocycles. The van der Waals surface area contributed by atoms with Gasteiger partial charge >= 0.3 is 15.8 Å². The number of anilines is 2. The summed E-state index contributed by atoms with van der Waals surface area (Å²) in [6.07, 6.45) is -2.18. The molecule has 2 bridgehead atoms. The zero-order valence-electron chi connectivity index (χ0n) is 22.3. The molecule has 7 rings (SSSR count). The summed E-state index contributed by atoms with van der Waals surface area (Å²) in [6.45, 7) is -0.851. The normalized spacial score (nSPS) is 35.8. The average Bonchev–Trinajstić information content (AvgIpc) is 3.72. The van der Waals surface area contributed by atoms with Gasteiger partial charge in [0.15, 0.2) is 40.6 Å². The maximum atomic E-state index is 13.3. The fourth-order valence-corrected chi connectivity index (χ4v) is 7.37. The number of nitrogens with two attached hydrogens (primary N) is 2. The summed E-state index contributed by atoms with van der Waals surface area (Å²) in [7, 11) is -6.89. The largest absolute Gasteiger partial charge is 0.472 e. The number of aliphatic hydroxyl groups is 2. The van der Waals surface area contributed by atoms with E-state index in [0.717, 1.165) is 0 Å². The van der Waals surface area contributed by atoms with Crippen LogP contribution in [0.3, 0.4) is 0 Å². The van der Waals surface area contributed by atoms with E-state index in [2.05, 4.69) is 36.2 Å². The lowest BCUT2D eigenvalue weighted by Crippen LogP contribution is -2.35. The quantitative estimate of drug-likeness (QED) is 0.118. The molecule has 3 saturated heterocycles. The number of rotatable bonds is 2. The number of ether oxygens (including phenoxy) is 2. The summed E-state index contributed by atoms with van der Waals surface area (Å²) >= 11 is 5.23. The van der Waals surface area contributed by atoms with Crippen molar-refractivity contribution in [2.45, 2.75) is 49.1 Å². The molecular formula is C21H25N10O10P2S+. The van der Waals surface area contributed by atoms with Crippen LogP contribution in [-0.2, 0) is 32.1 Å². The third kappa shape index (κ3) is 5.10. The number of nitrogens with zero attached hydrogens (tertiary/aromatic N) is 7. The highest BCUT2D eigenvalue weighted by atomic mass is 32.1. The lowest BCUT2D eigenvalue weighted by atomic mass is 10.1. The standard InChI is InChI=1S/C21H24N10O10P2S/c1-42-36-2-7-11(32)14(20(38-7)31-6-27-10-17(31)28-21(23)29-18(10)44)41-43(34,35)37-3-8-13(40-42)12(33)19(39-8)30-5-26-9-15(22)24-4-25-16(9)30/h4-8,11-14,19-20,32-33H,1-3H2,(H5-,22,23,24,25,28,29,34,35,44)/p+1. The van der Waals surface area contributed by atoms with Crippen molar-refractivity contribution in [2.24, 2.45) is 0 Å². The monoisotopic (exact) mass is 671 g/mol. The van der Waals surface area contributed by atoms with Gasteiger partial charge in [0.2, 0.25) is 0 Å². The molecule has 23 heteroatoms. The number of hydrogen-bond donors (Lipinski definition) is 6. The zero-order chi connectivity index (χ0) is 30.9. The molecule has 8 N–H and O–H groups in total. The minimum Gasteiger partial charge on any atom is -0.387 e. The fraction of sp³-hybridized carbons (Fsp3) is 0.476. The summed E-state index contributed by atoms with van der Waals surface area (Å²) in [5.41, 5.74) is 12.8. The SMILES string of the molecule is C=[P+]1OCC2OC(n3cnc4c(=S)nc(N)[nH]c43)C(OP(=O)(O)OCC3OC(n4cnc5c(N)ncnc54)C(O)C3O1)C2O. The van der Waals surface area contributed by atoms with Crippen molar-refractivity contribution in [1.82, 2.24) is 39.0 Å². The van der Waals surface area contributed by atoms with Gasteiger partial charge in [-0.25, -0.2) is 29.5 Å². The Hall–Kier alpha value is -3.04. The van der Waals surface area contributed by atoms with Gasteiger partial charge in [0.1, 0.15) is 66.4 Å². The highest BCUT2D eigenvalue weighted by Gasteiger charge is 2.53. The Morgan fingerprint density at radius 1 is 1.02 bits per heavy atom. The number of hydrogen-bond acceptors (Lipinski definition) is 17. The zero-order valence-corrected chi connectivity index (χ0v) is 24.9. The van der Waals surface area contributed by atoms with Gasteiger partial charge in [0, 0.05) is 0 Å². The van der Waals surface area contributed by atoms with E-state index in [1.165, 1.54) is 28.1 Å². The maximum Gasteiger partial charge on any atom is 0.472 e. The van der Waals surface area contributed by atoms with Gasteiger partial charge in [-0.3, -0.25) is 18.2 Å². The van der Waals surface area contributed by atoms with E-state index in [0.29, 0.717) is 0 Å². The van der Waals surface area contributed by atoms with E-state index in [9.17, 15) is 19.7 Å². The molecule has 3 aliphatic rings. The fourth-order valence-electron chi connectivity index (χ4n) is 5.28. The van der Waals surface area contributed by atoms with Gasteiger partial charge in [0.05, 0.1) is 19.3 Å². The van der Waals surface area contributed by atoms with E-state index in [-0.39, 0.29) is 45.3 Å². The predicted octanol–water partition coefficient (Wildman–Crippen LogP) is -0.329. The van der Waals surface area contributed by atoms with Gasteiger partial charge in [-0.15, -0.1) is 4.52 Å². The number of aromatic nitrogens is 8. The van der Waals surface area contributed by atoms with Crippen LogP contribution in [0.1, 0.15) is 12.5 Å². The number of phosphoric acid groups is 1. The molecule has 10 atom stereocenters. The first-order valence-electron chi connectivity index (χ1n) is 12.9. The minimum absolute atomic E-state index is 0.00971. The first-order valence-corrected chi connectivity index (χ1v) is 16.2. The molecule has 0 radical (unpaired) electrons. The Kier molecular flexibility index (Phi) is 7.47. The van der Waals surface area contributed by atoms with E-state index in [4.69, 9.17) is 51.3 Å². The molecule has 4 aromatic rings. The number of fused-ring (bicyclic) bond motifs is 5. The highest BCUT2D eigenvalue weighted by Crippen LogP contribution is 2.51. The van der Waals surface area contributed by atoms with Crippen molar-refractivity contribution in [1.29, 1.82) is 0 Å². The number of aliphatic hydroxyl groups excluding tert-OH is 2. The van der Waals surface area contributed by atoms with Crippen LogP contribution < -0.4 is 11.5 Å². The van der Waals surface area contributed by atoms with Crippen molar-refractivity contribution in [2.75, 3.05) is 24.7 Å². The summed E-state index contributed by atoms with van der Waals surface area (Å²) in [5, 5.41) is 22.4. The van der Waals surface area contributed by atoms with E-state index in [1.54, 1.807) is 0 Å². The average molecular weight is 672 g/mol. The third-order valence-electron chi connectivity index (χ3n) is 7.30. The summed E-state index contributed by atoms with van der Waals surface area (Å²) in [5.74, 6) is 0.115. The Labute approximate surface area is 252 Å². The Morgan fingerprint density at radius 3 is 2.59 bits per heavy atom. The van der Waals surface area contributed by atoms with Crippen LogP contribution in [0.25, 0.3) is 22.3 Å². The molecule has 234 valence electrons. The van der Waals surface area contributed by atoms with Gasteiger partial charge in [-0.2, -0.15) is 4.52 Å². The van der Waals surface area contributed by atoms with Crippen molar-refractivity contribution in [3.8, 4) is 0 Å². The molecular weight excluding hydrogens is 646 g/mol. The van der Waals surface area contributed by atoms with Gasteiger partial charge in [-0.1, -0.05) is 12.2 Å². The molecule has 20 nitrogen and oxygen atoms in total. The second kappa shape index (κ2) is 11.1. The van der Waals surface area contributed by atoms with Crippen molar-refractivity contribution in [3.63, 3.8) is 0 Å². The van der Waals surface area contributed by atoms with Crippen LogP contribution in [0.4, 0.5) is 11.8 Å². The van der Waals surface area contributed by atoms with Crippen LogP contribution in [0.15, 0.2) is 19.0 Å². The first kappa shape index (κ1) is 29.7. The maximum absolute atomic E-state index is 13.3. The first-order chi connectivity index (χ1) is 21.0. The molecule has 0 aromatic carbocycles.